The van der Waals surface area contributed by atoms with Gasteiger partial charge in [-0.25, -0.2) is 4.79 Å². The number of unbranched alkanes of at least 4 members (excludes halogenated alkanes) is 2. The molecule has 1 aliphatic rings. The molecule has 0 aromatic heterocycles. The summed E-state index contributed by atoms with van der Waals surface area (Å²) in [5, 5.41) is 30.6. The van der Waals surface area contributed by atoms with Gasteiger partial charge in [0.1, 0.15) is 11.9 Å². The molecule has 5 atom stereocenters. The number of ether oxygens (including phenoxy) is 2. The van der Waals surface area contributed by atoms with Crippen molar-refractivity contribution in [3.63, 3.8) is 0 Å². The molecule has 2 N–H and O–H groups in total. The molecule has 0 aliphatic heterocycles. The predicted molar refractivity (Wildman–Crippen MR) is 153 cm³/mol. The maximum absolute atomic E-state index is 12.4. The van der Waals surface area contributed by atoms with Crippen LogP contribution in [0.5, 0.6) is 0 Å². The van der Waals surface area contributed by atoms with Crippen molar-refractivity contribution in [2.24, 2.45) is 11.8 Å². The summed E-state index contributed by atoms with van der Waals surface area (Å²) in [6.45, 7) is 1.97. The van der Waals surface area contributed by atoms with Crippen LogP contribution in [0.25, 0.3) is 0 Å². The second-order valence-corrected chi connectivity index (χ2v) is 10.4. The van der Waals surface area contributed by atoms with E-state index < -0.39 is 29.6 Å². The van der Waals surface area contributed by atoms with Crippen molar-refractivity contribution in [3.8, 4) is 0 Å². The molecule has 1 fully saturated rings. The van der Waals surface area contributed by atoms with Crippen LogP contribution in [0.15, 0.2) is 54.6 Å². The number of rotatable bonds is 20. The highest BCUT2D eigenvalue weighted by Crippen LogP contribution is 2.36. The minimum atomic E-state index is -0.862. The molecule has 0 spiro atoms. The van der Waals surface area contributed by atoms with Gasteiger partial charge in [-0.05, 0) is 68.9 Å². The van der Waals surface area contributed by atoms with Crippen LogP contribution in [0.4, 0.5) is 4.79 Å². The molecule has 1 saturated carbocycles. The van der Waals surface area contributed by atoms with Crippen molar-refractivity contribution < 1.29 is 39.2 Å². The lowest BCUT2D eigenvalue weighted by molar-refractivity contribution is -0.757. The fourth-order valence-electron chi connectivity index (χ4n) is 4.96. The zero-order valence-electron chi connectivity index (χ0n) is 24.0. The standard InChI is InChI=1S/C31H45NO9/c1-2-12-25(33)15-8-3-4-9-16-27-28(30(35)23-29(27)34)20-19-26(18-17-24-13-6-5-7-14-24)41-31(36)39-21-10-11-22-40-32(37)38/h4-7,9,13-14,19-20,26-30,34-35H,2-3,8,10-12,15-18,21-23H2,1H3/b9-4+,20-19+/t26-,27+,28+,29-,30+/m0/s1. The number of aryl methyl sites for hydroxylation is 1. The number of aliphatic hydroxyl groups is 2. The molecule has 1 aliphatic carbocycles. The van der Waals surface area contributed by atoms with Crippen LogP contribution >= 0.6 is 0 Å². The van der Waals surface area contributed by atoms with Crippen LogP contribution in [0.2, 0.25) is 0 Å². The highest BCUT2D eigenvalue weighted by Gasteiger charge is 2.39. The third-order valence-electron chi connectivity index (χ3n) is 7.16. The van der Waals surface area contributed by atoms with Gasteiger partial charge in [-0.15, -0.1) is 10.1 Å². The summed E-state index contributed by atoms with van der Waals surface area (Å²) < 4.78 is 10.7. The molecule has 0 bridgehead atoms. The second-order valence-electron chi connectivity index (χ2n) is 10.4. The molecule has 0 saturated heterocycles. The van der Waals surface area contributed by atoms with Crippen molar-refractivity contribution in [2.45, 2.75) is 95.9 Å². The largest absolute Gasteiger partial charge is 0.508 e. The summed E-state index contributed by atoms with van der Waals surface area (Å²) in [4.78, 5) is 38.5. The maximum Gasteiger partial charge on any atom is 0.508 e. The fraction of sp³-hybridized carbons (Fsp3) is 0.613. The van der Waals surface area contributed by atoms with E-state index >= 15 is 0 Å². The number of allylic oxidation sites excluding steroid dienone is 2. The van der Waals surface area contributed by atoms with Crippen LogP contribution in [-0.4, -0.2) is 58.8 Å². The molecular formula is C31H45NO9. The Bertz CT molecular complexity index is 966. The Morgan fingerprint density at radius 2 is 1.83 bits per heavy atom. The van der Waals surface area contributed by atoms with E-state index in [-0.39, 0.29) is 37.3 Å². The molecule has 1 aromatic rings. The molecular weight excluding hydrogens is 530 g/mol. The van der Waals surface area contributed by atoms with Gasteiger partial charge in [-0.2, -0.15) is 0 Å². The van der Waals surface area contributed by atoms with Crippen LogP contribution < -0.4 is 0 Å². The first kappa shape index (κ1) is 34.0. The molecule has 41 heavy (non-hydrogen) atoms. The smallest absolute Gasteiger partial charge is 0.434 e. The molecule has 0 radical (unpaired) electrons. The van der Waals surface area contributed by atoms with E-state index in [0.29, 0.717) is 44.9 Å². The zero-order valence-corrected chi connectivity index (χ0v) is 24.0. The fourth-order valence-corrected chi connectivity index (χ4v) is 4.96. The number of hydrogen-bond donors (Lipinski definition) is 2. The summed E-state index contributed by atoms with van der Waals surface area (Å²) in [6.07, 6.45) is 11.3. The first-order valence-electron chi connectivity index (χ1n) is 14.7. The Morgan fingerprint density at radius 3 is 2.56 bits per heavy atom. The van der Waals surface area contributed by atoms with Gasteiger partial charge in [-0.3, -0.25) is 4.79 Å². The second kappa shape index (κ2) is 19.8. The minimum Gasteiger partial charge on any atom is -0.434 e. The molecule has 0 heterocycles. The highest BCUT2D eigenvalue weighted by atomic mass is 16.9. The van der Waals surface area contributed by atoms with Gasteiger partial charge in [0.15, 0.2) is 0 Å². The number of carbonyl (C=O) groups excluding carboxylic acids is 2. The SMILES string of the molecule is CCCC(=O)CCC/C=C/C[C@@H]1[C@@H](/C=C/[C@H](CCc2ccccc2)OC(=O)OCCCCO[N+](=O)[O-])[C@H](O)C[C@@H]1O. The van der Waals surface area contributed by atoms with E-state index in [4.69, 9.17) is 9.47 Å². The Labute approximate surface area is 242 Å². The number of nitrogens with zero attached hydrogens (tertiary/aromatic N) is 1. The summed E-state index contributed by atoms with van der Waals surface area (Å²) in [5.41, 5.74) is 1.09. The molecule has 10 heteroatoms. The predicted octanol–water partition coefficient (Wildman–Crippen LogP) is 5.53. The molecule has 2 rings (SSSR count). The van der Waals surface area contributed by atoms with Crippen LogP contribution in [-0.2, 0) is 25.5 Å². The number of Topliss-reactive ketones (excluding diaryl/α,β-unsaturated/α-hetero) is 1. The molecule has 0 amide bonds. The Morgan fingerprint density at radius 1 is 1.07 bits per heavy atom. The van der Waals surface area contributed by atoms with Crippen LogP contribution in [0, 0.1) is 22.0 Å². The van der Waals surface area contributed by atoms with Crippen molar-refractivity contribution >= 4 is 11.9 Å². The number of carbonyl (C=O) groups is 2. The normalized spacial score (nSPS) is 21.2. The van der Waals surface area contributed by atoms with Gasteiger partial charge >= 0.3 is 6.16 Å². The third-order valence-corrected chi connectivity index (χ3v) is 7.16. The Balaban J connectivity index is 1.93. The number of ketones is 1. The summed E-state index contributed by atoms with van der Waals surface area (Å²) in [7, 11) is 0. The lowest BCUT2D eigenvalue weighted by Crippen LogP contribution is -2.22. The van der Waals surface area contributed by atoms with E-state index in [1.54, 1.807) is 6.08 Å². The first-order valence-corrected chi connectivity index (χ1v) is 14.7. The van der Waals surface area contributed by atoms with Gasteiger partial charge < -0.3 is 24.5 Å². The monoisotopic (exact) mass is 575 g/mol. The van der Waals surface area contributed by atoms with Crippen molar-refractivity contribution in [2.75, 3.05) is 13.2 Å². The van der Waals surface area contributed by atoms with Gasteiger partial charge in [0.25, 0.3) is 5.09 Å². The lowest BCUT2D eigenvalue weighted by atomic mass is 9.89. The van der Waals surface area contributed by atoms with Crippen molar-refractivity contribution in [3.05, 3.63) is 70.3 Å². The quantitative estimate of drug-likeness (QED) is 0.0674. The summed E-state index contributed by atoms with van der Waals surface area (Å²) in [6, 6.07) is 9.79. The molecule has 10 nitrogen and oxygen atoms in total. The maximum atomic E-state index is 12.4. The molecule has 0 unspecified atom stereocenters. The average molecular weight is 576 g/mol. The lowest BCUT2D eigenvalue weighted by Gasteiger charge is -2.20. The van der Waals surface area contributed by atoms with E-state index in [9.17, 15) is 29.9 Å². The van der Waals surface area contributed by atoms with Crippen molar-refractivity contribution in [1.29, 1.82) is 0 Å². The summed E-state index contributed by atoms with van der Waals surface area (Å²) in [5.74, 6) is -0.195. The zero-order chi connectivity index (χ0) is 29.9. The van der Waals surface area contributed by atoms with E-state index in [1.807, 2.05) is 55.5 Å². The third kappa shape index (κ3) is 14.3. The van der Waals surface area contributed by atoms with E-state index in [2.05, 4.69) is 4.84 Å². The van der Waals surface area contributed by atoms with Crippen molar-refractivity contribution in [1.82, 2.24) is 0 Å². The van der Waals surface area contributed by atoms with Crippen LogP contribution in [0.3, 0.4) is 0 Å². The number of benzene rings is 1. The average Bonchev–Trinajstić information content (AvgIpc) is 3.21. The van der Waals surface area contributed by atoms with Gasteiger partial charge in [0, 0.05) is 25.2 Å². The Hall–Kier alpha value is -3.24. The number of aliphatic hydroxyl groups excluding tert-OH is 2. The van der Waals surface area contributed by atoms with Gasteiger partial charge in [-0.1, -0.05) is 55.5 Å². The van der Waals surface area contributed by atoms with Crippen LogP contribution in [0.1, 0.15) is 76.7 Å². The first-order chi connectivity index (χ1) is 19.8. The highest BCUT2D eigenvalue weighted by molar-refractivity contribution is 5.78. The topological polar surface area (TPSA) is 145 Å². The molecule has 1 aromatic carbocycles. The van der Waals surface area contributed by atoms with E-state index in [1.165, 1.54) is 0 Å². The van der Waals surface area contributed by atoms with Gasteiger partial charge in [0.05, 0.1) is 25.4 Å². The van der Waals surface area contributed by atoms with Gasteiger partial charge in [0.2, 0.25) is 0 Å². The minimum absolute atomic E-state index is 0.0454. The Kier molecular flexibility index (Phi) is 16.4. The van der Waals surface area contributed by atoms with E-state index in [0.717, 1.165) is 24.8 Å². The summed E-state index contributed by atoms with van der Waals surface area (Å²) >= 11 is 0. The molecule has 228 valence electrons. The number of hydrogen-bond acceptors (Lipinski definition) is 9.